The number of anilines is 2. The van der Waals surface area contributed by atoms with Gasteiger partial charge in [0.1, 0.15) is 11.5 Å². The normalized spacial score (nSPS) is 13.0. The number of hydrogen-bond acceptors (Lipinski definition) is 4. The van der Waals surface area contributed by atoms with Crippen LogP contribution in [0.25, 0.3) is 0 Å². The summed E-state index contributed by atoms with van der Waals surface area (Å²) in [5.41, 5.74) is 1.76. The smallest absolute Gasteiger partial charge is 0.411 e. The molecule has 27 heavy (non-hydrogen) atoms. The fourth-order valence-corrected chi connectivity index (χ4v) is 3.05. The second-order valence-electron chi connectivity index (χ2n) is 5.53. The molecule has 2 aromatic rings. The number of aromatic hydroxyl groups is 2. The van der Waals surface area contributed by atoms with Crippen molar-refractivity contribution in [3.63, 3.8) is 0 Å². The molecule has 0 fully saturated rings. The molecule has 0 bridgehead atoms. The van der Waals surface area contributed by atoms with Crippen LogP contribution in [0.15, 0.2) is 24.3 Å². The Hall–Kier alpha value is -2.20. The highest BCUT2D eigenvalue weighted by atomic mass is 35.5. The summed E-state index contributed by atoms with van der Waals surface area (Å²) in [6.45, 7) is 0. The Morgan fingerprint density at radius 2 is 0.963 bits per heavy atom. The van der Waals surface area contributed by atoms with Crippen molar-refractivity contribution in [3.05, 3.63) is 45.4 Å². The summed E-state index contributed by atoms with van der Waals surface area (Å²) in [4.78, 5) is 0. The number of halogens is 8. The molecule has 12 heteroatoms. The lowest BCUT2D eigenvalue weighted by molar-refractivity contribution is -0.288. The fraction of sp³-hybridized carbons (Fsp3) is 0.200. The number of hydrogen-bond donors (Lipinski definition) is 4. The lowest BCUT2D eigenvalue weighted by Crippen LogP contribution is -2.54. The van der Waals surface area contributed by atoms with E-state index in [-0.39, 0.29) is 12.1 Å². The van der Waals surface area contributed by atoms with Gasteiger partial charge in [-0.2, -0.15) is 26.3 Å². The van der Waals surface area contributed by atoms with E-state index in [1.165, 1.54) is 0 Å². The maximum atomic E-state index is 13.9. The first-order valence-electron chi connectivity index (χ1n) is 6.85. The van der Waals surface area contributed by atoms with E-state index in [4.69, 9.17) is 34.7 Å². The minimum atomic E-state index is -5.98. The molecule has 0 saturated carbocycles. The topological polar surface area (TPSA) is 92.5 Å². The van der Waals surface area contributed by atoms with Crippen LogP contribution in [0.4, 0.5) is 37.7 Å². The number of nitrogens with two attached hydrogens (primary N) is 2. The Bertz CT molecular complexity index is 779. The van der Waals surface area contributed by atoms with Gasteiger partial charge in [0.25, 0.3) is 0 Å². The summed E-state index contributed by atoms with van der Waals surface area (Å²) >= 11 is 11.2. The van der Waals surface area contributed by atoms with E-state index in [1.807, 2.05) is 0 Å². The molecular formula is C15H10Cl2F6N2O2. The molecule has 0 saturated heterocycles. The minimum Gasteiger partial charge on any atom is -0.506 e. The quantitative estimate of drug-likeness (QED) is 0.304. The van der Waals surface area contributed by atoms with Gasteiger partial charge in [0.05, 0.1) is 21.4 Å². The molecule has 0 spiro atoms. The van der Waals surface area contributed by atoms with E-state index < -0.39 is 61.8 Å². The number of alkyl halides is 6. The molecule has 2 rings (SSSR count). The van der Waals surface area contributed by atoms with Crippen molar-refractivity contribution < 1.29 is 36.6 Å². The van der Waals surface area contributed by atoms with Crippen molar-refractivity contribution >= 4 is 34.6 Å². The third-order valence-corrected chi connectivity index (χ3v) is 4.56. The molecule has 148 valence electrons. The highest BCUT2D eigenvalue weighted by Crippen LogP contribution is 2.58. The highest BCUT2D eigenvalue weighted by Gasteiger charge is 2.73. The Morgan fingerprint density at radius 1 is 0.667 bits per heavy atom. The van der Waals surface area contributed by atoms with Gasteiger partial charge in [0.15, 0.2) is 0 Å². The van der Waals surface area contributed by atoms with Gasteiger partial charge in [0.2, 0.25) is 5.41 Å². The van der Waals surface area contributed by atoms with Crippen LogP contribution in [0, 0.1) is 0 Å². The van der Waals surface area contributed by atoms with Crippen molar-refractivity contribution in [1.82, 2.24) is 0 Å². The molecule has 0 unspecified atom stereocenters. The van der Waals surface area contributed by atoms with Gasteiger partial charge < -0.3 is 21.7 Å². The number of benzene rings is 2. The zero-order chi connectivity index (χ0) is 20.9. The zero-order valence-electron chi connectivity index (χ0n) is 12.9. The molecule has 0 amide bonds. The van der Waals surface area contributed by atoms with Crippen LogP contribution >= 0.6 is 23.2 Å². The standard InChI is InChI=1S/C15H10Cl2F6N2O2/c16-7-1-5(3-9(26)11(7)24)13(14(18,19)20,15(21,22)23)6-2-8(17)12(25)10(27)4-6/h1-4,26-27H,24-25H2. The van der Waals surface area contributed by atoms with Gasteiger partial charge in [-0.1, -0.05) is 23.2 Å². The van der Waals surface area contributed by atoms with E-state index in [0.717, 1.165) is 0 Å². The summed E-state index contributed by atoms with van der Waals surface area (Å²) in [5.74, 6) is -2.16. The van der Waals surface area contributed by atoms with Crippen molar-refractivity contribution in [2.45, 2.75) is 17.8 Å². The first-order chi connectivity index (χ1) is 12.1. The molecule has 0 heterocycles. The van der Waals surface area contributed by atoms with E-state index in [0.29, 0.717) is 12.1 Å². The van der Waals surface area contributed by atoms with Gasteiger partial charge in [-0.05, 0) is 35.4 Å². The number of nitrogen functional groups attached to an aromatic ring is 2. The summed E-state index contributed by atoms with van der Waals surface area (Å²) in [6, 6.07) is 1.06. The van der Waals surface area contributed by atoms with Crippen LogP contribution in [-0.2, 0) is 5.41 Å². The van der Waals surface area contributed by atoms with Crippen LogP contribution in [0.5, 0.6) is 11.5 Å². The molecule has 0 radical (unpaired) electrons. The first-order valence-corrected chi connectivity index (χ1v) is 7.60. The Balaban J connectivity index is 3.06. The third kappa shape index (κ3) is 3.16. The Morgan fingerprint density at radius 3 is 1.19 bits per heavy atom. The van der Waals surface area contributed by atoms with Gasteiger partial charge >= 0.3 is 12.4 Å². The van der Waals surface area contributed by atoms with Crippen LogP contribution < -0.4 is 11.5 Å². The molecule has 0 aliphatic rings. The van der Waals surface area contributed by atoms with Crippen molar-refractivity contribution in [3.8, 4) is 11.5 Å². The van der Waals surface area contributed by atoms with Crippen LogP contribution in [0.1, 0.15) is 11.1 Å². The van der Waals surface area contributed by atoms with Crippen molar-refractivity contribution in [1.29, 1.82) is 0 Å². The third-order valence-electron chi connectivity index (χ3n) is 3.93. The fourth-order valence-electron chi connectivity index (χ4n) is 2.62. The Kier molecular flexibility index (Phi) is 5.04. The monoisotopic (exact) mass is 434 g/mol. The average Bonchev–Trinajstić information content (AvgIpc) is 2.47. The van der Waals surface area contributed by atoms with Gasteiger partial charge in [0, 0.05) is 0 Å². The molecule has 6 N–H and O–H groups in total. The maximum absolute atomic E-state index is 13.9. The van der Waals surface area contributed by atoms with Crippen LogP contribution in [0.3, 0.4) is 0 Å². The molecular weight excluding hydrogens is 425 g/mol. The molecule has 0 aliphatic carbocycles. The number of phenolic OH excluding ortho intramolecular Hbond substituents is 2. The second-order valence-corrected chi connectivity index (χ2v) is 6.34. The van der Waals surface area contributed by atoms with Crippen molar-refractivity contribution in [2.75, 3.05) is 11.5 Å². The minimum absolute atomic E-state index is 0.198. The predicted molar refractivity (Wildman–Crippen MR) is 87.9 cm³/mol. The lowest BCUT2D eigenvalue weighted by Gasteiger charge is -2.38. The second kappa shape index (κ2) is 6.45. The highest BCUT2D eigenvalue weighted by molar-refractivity contribution is 6.34. The molecule has 0 aromatic heterocycles. The van der Waals surface area contributed by atoms with E-state index in [9.17, 15) is 36.6 Å². The van der Waals surface area contributed by atoms with Gasteiger partial charge in [-0.3, -0.25) is 0 Å². The summed E-state index contributed by atoms with van der Waals surface area (Å²) < 4.78 is 83.6. The molecule has 2 aromatic carbocycles. The first kappa shape index (κ1) is 21.1. The molecule has 0 aliphatic heterocycles. The van der Waals surface area contributed by atoms with E-state index >= 15 is 0 Å². The summed E-state index contributed by atoms with van der Waals surface area (Å²) in [6.07, 6.45) is -12.0. The van der Waals surface area contributed by atoms with Crippen LogP contribution in [-0.4, -0.2) is 22.6 Å². The SMILES string of the molecule is Nc1c(O)cc(C(c2cc(O)c(N)c(Cl)c2)(C(F)(F)F)C(F)(F)F)cc1Cl. The largest absolute Gasteiger partial charge is 0.506 e. The Labute approximate surface area is 157 Å². The number of rotatable bonds is 2. The average molecular weight is 435 g/mol. The van der Waals surface area contributed by atoms with E-state index in [1.54, 1.807) is 0 Å². The summed E-state index contributed by atoms with van der Waals surface area (Å²) in [5, 5.41) is 17.8. The van der Waals surface area contributed by atoms with Gasteiger partial charge in [-0.25, -0.2) is 0 Å². The van der Waals surface area contributed by atoms with Crippen molar-refractivity contribution in [2.24, 2.45) is 0 Å². The number of phenols is 2. The van der Waals surface area contributed by atoms with E-state index in [2.05, 4.69) is 0 Å². The predicted octanol–water partition coefficient (Wildman–Crippen LogP) is 4.98. The van der Waals surface area contributed by atoms with Gasteiger partial charge in [-0.15, -0.1) is 0 Å². The zero-order valence-corrected chi connectivity index (χ0v) is 14.4. The molecule has 4 nitrogen and oxygen atoms in total. The van der Waals surface area contributed by atoms with Crippen LogP contribution in [0.2, 0.25) is 10.0 Å². The molecule has 0 atom stereocenters. The summed E-state index contributed by atoms with van der Waals surface area (Å²) in [7, 11) is 0. The maximum Gasteiger partial charge on any atom is 0.411 e. The lowest BCUT2D eigenvalue weighted by atomic mass is 9.72.